The second-order valence-corrected chi connectivity index (χ2v) is 6.44. The Morgan fingerprint density at radius 3 is 2.46 bits per heavy atom. The van der Waals surface area contributed by atoms with Crippen LogP contribution in [-0.4, -0.2) is 16.1 Å². The first-order chi connectivity index (χ1) is 13.2. The molecule has 3 aromatic rings. The molecule has 0 aliphatic carbocycles. The number of hydrogen-bond acceptors (Lipinski definition) is 4. The van der Waals surface area contributed by atoms with E-state index in [4.69, 9.17) is 4.42 Å². The molecule has 5 nitrogen and oxygen atoms in total. The molecule has 0 bridgehead atoms. The highest BCUT2D eigenvalue weighted by Gasteiger charge is 2.32. The molecule has 0 aliphatic rings. The van der Waals surface area contributed by atoms with Crippen LogP contribution < -0.4 is 5.32 Å². The van der Waals surface area contributed by atoms with Gasteiger partial charge in [0.2, 0.25) is 17.7 Å². The zero-order valence-electron chi connectivity index (χ0n) is 15.3. The van der Waals surface area contributed by atoms with Gasteiger partial charge in [-0.05, 0) is 43.7 Å². The van der Waals surface area contributed by atoms with Crippen molar-refractivity contribution in [3.05, 3.63) is 65.0 Å². The highest BCUT2D eigenvalue weighted by Crippen LogP contribution is 2.33. The van der Waals surface area contributed by atoms with E-state index in [9.17, 15) is 18.0 Å². The van der Waals surface area contributed by atoms with Crippen molar-refractivity contribution in [1.29, 1.82) is 0 Å². The van der Waals surface area contributed by atoms with Crippen molar-refractivity contribution in [2.45, 2.75) is 32.9 Å². The third-order valence-electron chi connectivity index (χ3n) is 4.16. The maximum absolute atomic E-state index is 13.0. The van der Waals surface area contributed by atoms with Gasteiger partial charge in [0.1, 0.15) is 0 Å². The quantitative estimate of drug-likeness (QED) is 0.671. The Balaban J connectivity index is 1.60. The molecule has 0 saturated heterocycles. The lowest BCUT2D eigenvalue weighted by Crippen LogP contribution is -2.14. The first-order valence-electron chi connectivity index (χ1n) is 8.59. The standard InChI is InChI=1S/C20H18F3N3O2/c1-12-3-6-14(7-4-12)19-26-25-18(28-19)10-9-17(27)24-15-8-5-13(2)16(11-15)20(21,22)23/h3-8,11H,9-10H2,1-2H3,(H,24,27). The van der Waals surface area contributed by atoms with Crippen LogP contribution >= 0.6 is 0 Å². The van der Waals surface area contributed by atoms with Crippen LogP contribution in [0.1, 0.15) is 29.0 Å². The number of alkyl halides is 3. The van der Waals surface area contributed by atoms with Crippen LogP contribution in [-0.2, 0) is 17.4 Å². The van der Waals surface area contributed by atoms with Crippen LogP contribution in [0.3, 0.4) is 0 Å². The molecule has 1 amide bonds. The molecule has 0 radical (unpaired) electrons. The lowest BCUT2D eigenvalue weighted by atomic mass is 10.1. The van der Waals surface area contributed by atoms with Crippen molar-refractivity contribution < 1.29 is 22.4 Å². The summed E-state index contributed by atoms with van der Waals surface area (Å²) in [5.41, 5.74) is 1.29. The number of aryl methyl sites for hydroxylation is 3. The van der Waals surface area contributed by atoms with Crippen LogP contribution in [0.4, 0.5) is 18.9 Å². The summed E-state index contributed by atoms with van der Waals surface area (Å²) in [5, 5.41) is 10.3. The number of benzene rings is 2. The fourth-order valence-corrected chi connectivity index (χ4v) is 2.62. The van der Waals surface area contributed by atoms with Crippen molar-refractivity contribution in [3.8, 4) is 11.5 Å². The van der Waals surface area contributed by atoms with Crippen molar-refractivity contribution in [1.82, 2.24) is 10.2 Å². The van der Waals surface area contributed by atoms with E-state index in [1.54, 1.807) is 0 Å². The van der Waals surface area contributed by atoms with Crippen LogP contribution in [0.2, 0.25) is 0 Å². The number of hydrogen-bond donors (Lipinski definition) is 1. The number of nitrogens with zero attached hydrogens (tertiary/aromatic N) is 2. The molecule has 0 fully saturated rings. The lowest BCUT2D eigenvalue weighted by molar-refractivity contribution is -0.138. The van der Waals surface area contributed by atoms with E-state index in [-0.39, 0.29) is 30.0 Å². The number of halogens is 3. The summed E-state index contributed by atoms with van der Waals surface area (Å²) in [6.45, 7) is 3.34. The molecule has 1 N–H and O–H groups in total. The van der Waals surface area contributed by atoms with Crippen LogP contribution in [0.15, 0.2) is 46.9 Å². The molecular weight excluding hydrogens is 371 g/mol. The van der Waals surface area contributed by atoms with Gasteiger partial charge < -0.3 is 9.73 Å². The van der Waals surface area contributed by atoms with Gasteiger partial charge in [0.25, 0.3) is 0 Å². The van der Waals surface area contributed by atoms with Crippen LogP contribution in [0, 0.1) is 13.8 Å². The Hall–Kier alpha value is -3.16. The Kier molecular flexibility index (Phi) is 5.48. The maximum Gasteiger partial charge on any atom is 0.416 e. The second kappa shape index (κ2) is 7.84. The summed E-state index contributed by atoms with van der Waals surface area (Å²) in [7, 11) is 0. The molecule has 0 saturated carbocycles. The fraction of sp³-hybridized carbons (Fsp3) is 0.250. The topological polar surface area (TPSA) is 68.0 Å². The number of amides is 1. The van der Waals surface area contributed by atoms with Crippen molar-refractivity contribution in [2.75, 3.05) is 5.32 Å². The van der Waals surface area contributed by atoms with Gasteiger partial charge in [-0.15, -0.1) is 10.2 Å². The predicted octanol–water partition coefficient (Wildman–Crippen LogP) is 4.94. The van der Waals surface area contributed by atoms with Gasteiger partial charge >= 0.3 is 6.18 Å². The molecule has 8 heteroatoms. The number of nitrogens with one attached hydrogen (secondary N) is 1. The van der Waals surface area contributed by atoms with Crippen molar-refractivity contribution in [2.24, 2.45) is 0 Å². The number of carbonyl (C=O) groups is 1. The molecule has 28 heavy (non-hydrogen) atoms. The number of carbonyl (C=O) groups excluding carboxylic acids is 1. The van der Waals surface area contributed by atoms with E-state index in [2.05, 4.69) is 15.5 Å². The SMILES string of the molecule is Cc1ccc(-c2nnc(CCC(=O)Nc3ccc(C)c(C(F)(F)F)c3)o2)cc1. The molecule has 146 valence electrons. The minimum Gasteiger partial charge on any atom is -0.421 e. The predicted molar refractivity (Wildman–Crippen MR) is 97.6 cm³/mol. The molecule has 1 heterocycles. The zero-order valence-corrected chi connectivity index (χ0v) is 15.3. The molecule has 2 aromatic carbocycles. The first-order valence-corrected chi connectivity index (χ1v) is 8.59. The Bertz CT molecular complexity index is 979. The molecule has 0 aliphatic heterocycles. The highest BCUT2D eigenvalue weighted by molar-refractivity contribution is 5.90. The van der Waals surface area contributed by atoms with Gasteiger partial charge in [0.05, 0.1) is 5.56 Å². The zero-order chi connectivity index (χ0) is 20.3. The summed E-state index contributed by atoms with van der Waals surface area (Å²) in [5.74, 6) is 0.196. The van der Waals surface area contributed by atoms with E-state index >= 15 is 0 Å². The van der Waals surface area contributed by atoms with E-state index in [1.165, 1.54) is 19.1 Å². The third-order valence-corrected chi connectivity index (χ3v) is 4.16. The number of rotatable bonds is 5. The molecule has 1 aromatic heterocycles. The van der Waals surface area contributed by atoms with Gasteiger partial charge in [-0.25, -0.2) is 0 Å². The van der Waals surface area contributed by atoms with Crippen LogP contribution in [0.25, 0.3) is 11.5 Å². The van der Waals surface area contributed by atoms with Crippen molar-refractivity contribution >= 4 is 11.6 Å². The highest BCUT2D eigenvalue weighted by atomic mass is 19.4. The number of aromatic nitrogens is 2. The maximum atomic E-state index is 13.0. The molecule has 0 spiro atoms. The fourth-order valence-electron chi connectivity index (χ4n) is 2.62. The second-order valence-electron chi connectivity index (χ2n) is 6.44. The lowest BCUT2D eigenvalue weighted by Gasteiger charge is -2.12. The summed E-state index contributed by atoms with van der Waals surface area (Å²) in [4.78, 5) is 12.1. The summed E-state index contributed by atoms with van der Waals surface area (Å²) < 4.78 is 44.4. The first kappa shape index (κ1) is 19.6. The monoisotopic (exact) mass is 389 g/mol. The Labute approximate surface area is 159 Å². The van der Waals surface area contributed by atoms with E-state index in [1.807, 2.05) is 31.2 Å². The Morgan fingerprint density at radius 2 is 1.79 bits per heavy atom. The average Bonchev–Trinajstić information content (AvgIpc) is 3.10. The van der Waals surface area contributed by atoms with E-state index < -0.39 is 17.6 Å². The number of anilines is 1. The Morgan fingerprint density at radius 1 is 1.07 bits per heavy atom. The van der Waals surface area contributed by atoms with Gasteiger partial charge in [0, 0.05) is 24.1 Å². The van der Waals surface area contributed by atoms with E-state index in [0.29, 0.717) is 5.89 Å². The minimum atomic E-state index is -4.47. The third kappa shape index (κ3) is 4.76. The smallest absolute Gasteiger partial charge is 0.416 e. The summed E-state index contributed by atoms with van der Waals surface area (Å²) in [6, 6.07) is 11.2. The molecule has 3 rings (SSSR count). The van der Waals surface area contributed by atoms with Gasteiger partial charge in [0.15, 0.2) is 0 Å². The normalized spacial score (nSPS) is 11.5. The largest absolute Gasteiger partial charge is 0.421 e. The average molecular weight is 389 g/mol. The summed E-state index contributed by atoms with van der Waals surface area (Å²) >= 11 is 0. The van der Waals surface area contributed by atoms with Gasteiger partial charge in [-0.2, -0.15) is 13.2 Å². The van der Waals surface area contributed by atoms with Crippen LogP contribution in [0.5, 0.6) is 0 Å². The summed E-state index contributed by atoms with van der Waals surface area (Å²) in [6.07, 6.45) is -4.28. The van der Waals surface area contributed by atoms with Gasteiger partial charge in [-0.3, -0.25) is 4.79 Å². The van der Waals surface area contributed by atoms with E-state index in [0.717, 1.165) is 17.2 Å². The molecular formula is C20H18F3N3O2. The molecule has 0 atom stereocenters. The molecule has 0 unspecified atom stereocenters. The minimum absolute atomic E-state index is 0.00472. The van der Waals surface area contributed by atoms with Gasteiger partial charge in [-0.1, -0.05) is 23.8 Å². The van der Waals surface area contributed by atoms with Crippen molar-refractivity contribution in [3.63, 3.8) is 0 Å².